The minimum absolute atomic E-state index is 0.201. The summed E-state index contributed by atoms with van der Waals surface area (Å²) in [5.74, 6) is -0.316. The number of nitrogens with one attached hydrogen (secondary N) is 1. The van der Waals surface area contributed by atoms with E-state index in [0.29, 0.717) is 15.6 Å². The Balaban J connectivity index is 2.49. The third-order valence-corrected chi connectivity index (χ3v) is 3.88. The Hall–Kier alpha value is -1.14. The van der Waals surface area contributed by atoms with Crippen LogP contribution in [0.25, 0.3) is 0 Å². The third-order valence-electron chi connectivity index (χ3n) is 2.15. The van der Waals surface area contributed by atoms with Crippen LogP contribution in [0, 0.1) is 12.7 Å². The van der Waals surface area contributed by atoms with E-state index in [4.69, 9.17) is 12.2 Å². The van der Waals surface area contributed by atoms with E-state index in [-0.39, 0.29) is 17.5 Å². The van der Waals surface area contributed by atoms with Gasteiger partial charge in [0.2, 0.25) is 5.91 Å². The van der Waals surface area contributed by atoms with Crippen molar-refractivity contribution >= 4 is 39.9 Å². The third kappa shape index (κ3) is 4.62. The molecule has 1 aromatic carbocycles. The Morgan fingerprint density at radius 1 is 1.50 bits per heavy atom. The maximum Gasteiger partial charge on any atom is 0.234 e. The van der Waals surface area contributed by atoms with Gasteiger partial charge in [0.05, 0.1) is 5.75 Å². The van der Waals surface area contributed by atoms with Crippen LogP contribution in [0.15, 0.2) is 18.2 Å². The average Bonchev–Trinajstić information content (AvgIpc) is 2.30. The molecule has 0 bridgehead atoms. The van der Waals surface area contributed by atoms with Gasteiger partial charge in [-0.1, -0.05) is 30.0 Å². The number of benzene rings is 1. The number of amides is 1. The number of hydrogen-bond donors (Lipinski definition) is 1. The first-order valence-corrected chi connectivity index (χ1v) is 6.69. The van der Waals surface area contributed by atoms with Crippen LogP contribution in [0.2, 0.25) is 0 Å². The first kappa shape index (κ1) is 14.9. The van der Waals surface area contributed by atoms with Crippen molar-refractivity contribution in [3.05, 3.63) is 29.6 Å². The van der Waals surface area contributed by atoms with Crippen LogP contribution in [0.1, 0.15) is 5.56 Å². The predicted molar refractivity (Wildman–Crippen MR) is 78.5 cm³/mol. The zero-order valence-corrected chi connectivity index (χ0v) is 12.1. The number of carbonyl (C=O) groups excluding carboxylic acids is 1. The molecule has 0 aliphatic rings. The smallest absolute Gasteiger partial charge is 0.234 e. The van der Waals surface area contributed by atoms with Gasteiger partial charge in [-0.3, -0.25) is 4.79 Å². The van der Waals surface area contributed by atoms with E-state index in [1.165, 1.54) is 17.8 Å². The van der Waals surface area contributed by atoms with Gasteiger partial charge in [0, 0.05) is 19.8 Å². The lowest BCUT2D eigenvalue weighted by Crippen LogP contribution is -2.20. The standard InChI is InChI=1S/C12H15FN2OS2/c1-8-4-5-9(6-10(8)13)14-11(16)7-18-12(17)15(2)3/h4-6H,7H2,1-3H3,(H,14,16). The van der Waals surface area contributed by atoms with Crippen LogP contribution < -0.4 is 5.32 Å². The minimum Gasteiger partial charge on any atom is -0.364 e. The quantitative estimate of drug-likeness (QED) is 0.866. The van der Waals surface area contributed by atoms with Gasteiger partial charge in [0.15, 0.2) is 0 Å². The van der Waals surface area contributed by atoms with Gasteiger partial charge in [-0.2, -0.15) is 0 Å². The lowest BCUT2D eigenvalue weighted by atomic mass is 10.2. The number of thiocarbonyl (C=S) groups is 1. The molecule has 1 N–H and O–H groups in total. The van der Waals surface area contributed by atoms with E-state index >= 15 is 0 Å². The van der Waals surface area contributed by atoms with Gasteiger partial charge in [-0.15, -0.1) is 0 Å². The Labute approximate surface area is 116 Å². The second kappa shape index (κ2) is 6.70. The second-order valence-corrected chi connectivity index (χ2v) is 5.57. The molecule has 0 aliphatic carbocycles. The van der Waals surface area contributed by atoms with Gasteiger partial charge in [-0.25, -0.2) is 4.39 Å². The van der Waals surface area contributed by atoms with Crippen molar-refractivity contribution in [2.75, 3.05) is 25.2 Å². The molecule has 0 saturated carbocycles. The highest BCUT2D eigenvalue weighted by Crippen LogP contribution is 2.14. The Kier molecular flexibility index (Phi) is 5.55. The van der Waals surface area contributed by atoms with Crippen LogP contribution >= 0.6 is 24.0 Å². The van der Waals surface area contributed by atoms with Gasteiger partial charge in [0.1, 0.15) is 10.1 Å². The number of nitrogens with zero attached hydrogens (tertiary/aromatic N) is 1. The maximum absolute atomic E-state index is 13.3. The Bertz CT molecular complexity index is 463. The molecule has 18 heavy (non-hydrogen) atoms. The Morgan fingerprint density at radius 3 is 2.72 bits per heavy atom. The van der Waals surface area contributed by atoms with Crippen LogP contribution in [0.3, 0.4) is 0 Å². The summed E-state index contributed by atoms with van der Waals surface area (Å²) >= 11 is 6.32. The van der Waals surface area contributed by atoms with Crippen molar-refractivity contribution in [3.8, 4) is 0 Å². The highest BCUT2D eigenvalue weighted by atomic mass is 32.2. The second-order valence-electron chi connectivity index (χ2n) is 3.96. The molecule has 0 heterocycles. The molecule has 0 unspecified atom stereocenters. The molecule has 98 valence electrons. The molecule has 3 nitrogen and oxygen atoms in total. The normalized spacial score (nSPS) is 10.0. The number of aryl methyl sites for hydroxylation is 1. The number of rotatable bonds is 3. The summed E-state index contributed by atoms with van der Waals surface area (Å²) < 4.78 is 13.9. The van der Waals surface area contributed by atoms with Gasteiger partial charge < -0.3 is 10.2 Å². The first-order chi connectivity index (χ1) is 8.40. The Morgan fingerprint density at radius 2 is 2.17 bits per heavy atom. The van der Waals surface area contributed by atoms with Crippen molar-refractivity contribution in [1.82, 2.24) is 4.90 Å². The fraction of sp³-hybridized carbons (Fsp3) is 0.333. The fourth-order valence-corrected chi connectivity index (χ4v) is 1.89. The molecule has 0 fully saturated rings. The van der Waals surface area contributed by atoms with E-state index in [2.05, 4.69) is 5.32 Å². The SMILES string of the molecule is Cc1ccc(NC(=O)CSC(=S)N(C)C)cc1F. The lowest BCUT2D eigenvalue weighted by Gasteiger charge is -2.12. The highest BCUT2D eigenvalue weighted by Gasteiger charge is 2.07. The summed E-state index contributed by atoms with van der Waals surface area (Å²) in [5, 5.41) is 2.63. The monoisotopic (exact) mass is 286 g/mol. The average molecular weight is 286 g/mol. The maximum atomic E-state index is 13.3. The summed E-state index contributed by atoms with van der Waals surface area (Å²) in [6, 6.07) is 4.61. The van der Waals surface area contributed by atoms with Gasteiger partial charge in [0.25, 0.3) is 0 Å². The molecular formula is C12H15FN2OS2. The summed E-state index contributed by atoms with van der Waals surface area (Å²) in [5.41, 5.74) is 1.01. The van der Waals surface area contributed by atoms with Crippen LogP contribution in [-0.2, 0) is 4.79 Å². The van der Waals surface area contributed by atoms with Crippen molar-refractivity contribution in [2.45, 2.75) is 6.92 Å². The number of anilines is 1. The van der Waals surface area contributed by atoms with Crippen molar-refractivity contribution in [1.29, 1.82) is 0 Å². The number of thioether (sulfide) groups is 1. The van der Waals surface area contributed by atoms with Gasteiger partial charge in [-0.05, 0) is 24.6 Å². The van der Waals surface area contributed by atoms with Crippen molar-refractivity contribution in [2.24, 2.45) is 0 Å². The van der Waals surface area contributed by atoms with E-state index < -0.39 is 0 Å². The van der Waals surface area contributed by atoms with Crippen molar-refractivity contribution in [3.63, 3.8) is 0 Å². The van der Waals surface area contributed by atoms with Gasteiger partial charge >= 0.3 is 0 Å². The molecule has 1 aromatic rings. The number of halogens is 1. The zero-order chi connectivity index (χ0) is 13.7. The molecule has 0 spiro atoms. The van der Waals surface area contributed by atoms with E-state index in [0.717, 1.165) is 0 Å². The predicted octanol–water partition coefficient (Wildman–Crippen LogP) is 2.65. The lowest BCUT2D eigenvalue weighted by molar-refractivity contribution is -0.113. The van der Waals surface area contributed by atoms with E-state index in [9.17, 15) is 9.18 Å². The molecular weight excluding hydrogens is 271 g/mol. The van der Waals surface area contributed by atoms with Crippen LogP contribution in [-0.4, -0.2) is 35.0 Å². The number of hydrogen-bond acceptors (Lipinski definition) is 3. The van der Waals surface area contributed by atoms with Crippen LogP contribution in [0.5, 0.6) is 0 Å². The molecule has 0 atom stereocenters. The highest BCUT2D eigenvalue weighted by molar-refractivity contribution is 8.23. The summed E-state index contributed by atoms with van der Waals surface area (Å²) in [6.45, 7) is 1.67. The van der Waals surface area contributed by atoms with Crippen molar-refractivity contribution < 1.29 is 9.18 Å². The molecule has 1 rings (SSSR count). The largest absolute Gasteiger partial charge is 0.364 e. The molecule has 1 amide bonds. The van der Waals surface area contributed by atoms with Crippen LogP contribution in [0.4, 0.5) is 10.1 Å². The molecule has 0 saturated heterocycles. The number of carbonyl (C=O) groups is 1. The first-order valence-electron chi connectivity index (χ1n) is 5.30. The summed E-state index contributed by atoms with van der Waals surface area (Å²) in [6.07, 6.45) is 0. The zero-order valence-electron chi connectivity index (χ0n) is 10.5. The minimum atomic E-state index is -0.329. The molecule has 6 heteroatoms. The molecule has 0 aliphatic heterocycles. The topological polar surface area (TPSA) is 32.3 Å². The fourth-order valence-electron chi connectivity index (χ4n) is 1.12. The molecule has 0 aromatic heterocycles. The van der Waals surface area contributed by atoms with E-state index in [1.54, 1.807) is 24.0 Å². The summed E-state index contributed by atoms with van der Waals surface area (Å²) in [4.78, 5) is 13.4. The molecule has 0 radical (unpaired) electrons. The van der Waals surface area contributed by atoms with E-state index in [1.807, 2.05) is 14.1 Å². The summed E-state index contributed by atoms with van der Waals surface area (Å²) in [7, 11) is 3.64.